The number of nitrogens with zero attached hydrogens (tertiary/aromatic N) is 3. The quantitative estimate of drug-likeness (QED) is 0.418. The van der Waals surface area contributed by atoms with Crippen molar-refractivity contribution in [1.29, 1.82) is 10.5 Å². The van der Waals surface area contributed by atoms with Gasteiger partial charge in [-0.2, -0.15) is 0 Å². The maximum absolute atomic E-state index is 8.61. The summed E-state index contributed by atoms with van der Waals surface area (Å²) in [6.07, 6.45) is 0. The van der Waals surface area contributed by atoms with Crippen LogP contribution in [0.1, 0.15) is 0 Å². The number of nitroso groups, excluding NO2 is 1. The molecule has 0 N–H and O–H groups in total. The second-order valence-electron chi connectivity index (χ2n) is 0.376. The molecule has 0 aliphatic rings. The number of rotatable bonds is 0. The van der Waals surface area contributed by atoms with Crippen LogP contribution in [0.15, 0.2) is 3.92 Å². The monoisotopic (exact) mass is 202 g/mol. The molecule has 0 aromatic carbocycles. The van der Waals surface area contributed by atoms with Crippen LogP contribution in [0.3, 0.4) is 0 Å². The van der Waals surface area contributed by atoms with Crippen molar-refractivity contribution in [3.63, 3.8) is 0 Å². The van der Waals surface area contributed by atoms with Gasteiger partial charge < -0.3 is 0 Å². The fourth-order valence-electron chi connectivity index (χ4n) is 0.0177. The van der Waals surface area contributed by atoms with Gasteiger partial charge in [-0.15, -0.1) is 0 Å². The summed E-state index contributed by atoms with van der Waals surface area (Å²) in [5, 5.41) is 15.2. The Morgan fingerprint density at radius 1 is 1.50 bits per heavy atom. The summed E-state index contributed by atoms with van der Waals surface area (Å²) in [5.74, 6) is 0. The van der Waals surface area contributed by atoms with Crippen LogP contribution in [0.2, 0.25) is 0 Å². The van der Waals surface area contributed by atoms with Gasteiger partial charge in [-0.25, -0.2) is 0 Å². The van der Waals surface area contributed by atoms with Gasteiger partial charge in [-0.05, 0) is 0 Å². The van der Waals surface area contributed by atoms with Gasteiger partial charge >= 0.3 is 62.8 Å². The Labute approximate surface area is 62.9 Å². The number of hydrogen-bond donors (Lipinski definition) is 0. The van der Waals surface area contributed by atoms with E-state index < -0.39 is 0 Å². The molecule has 0 aliphatic heterocycles. The fourth-order valence-corrected chi connectivity index (χ4v) is 0.0729. The van der Waals surface area contributed by atoms with Crippen molar-refractivity contribution in [2.45, 2.75) is 0 Å². The molecule has 0 aromatic heterocycles. The second kappa shape index (κ2) is 15.9. The van der Waals surface area contributed by atoms with Crippen molar-refractivity contribution in [3.05, 3.63) is 4.91 Å². The Bertz CT molecular complexity index is 112. The summed E-state index contributed by atoms with van der Waals surface area (Å²) in [6.45, 7) is 0. The van der Waals surface area contributed by atoms with Crippen LogP contribution < -0.4 is 0 Å². The first-order valence-corrected chi connectivity index (χ1v) is 3.73. The van der Waals surface area contributed by atoms with Gasteiger partial charge in [0, 0.05) is 0 Å². The molecule has 0 bridgehead atoms. The Balaban J connectivity index is 0. The predicted molar refractivity (Wildman–Crippen MR) is 17.0 cm³/mol. The molecule has 39 valence electrons. The van der Waals surface area contributed by atoms with Gasteiger partial charge in [0.15, 0.2) is 0 Å². The first-order valence-electron chi connectivity index (χ1n) is 1.30. The average molecular weight is 203 g/mol. The molecular formula is C2FeN3OZn. The van der Waals surface area contributed by atoms with E-state index in [0.717, 1.165) is 0 Å². The minimum absolute atomic E-state index is 0. The van der Waals surface area contributed by atoms with Crippen molar-refractivity contribution >= 4 is 0 Å². The first-order chi connectivity index (χ1) is 3.83. The van der Waals surface area contributed by atoms with Crippen molar-refractivity contribution < 1.29 is 33.5 Å². The molecule has 4 nitrogen and oxygen atoms in total. The molecule has 0 aliphatic carbocycles. The van der Waals surface area contributed by atoms with Gasteiger partial charge in [0.25, 0.3) is 0 Å². The zero-order chi connectivity index (χ0) is 6.83. The molecule has 0 saturated carbocycles. The normalized spacial score (nSPS) is 5.00. The number of hydrogen-bond acceptors (Lipinski definition) is 4. The molecule has 0 atom stereocenters. The standard InChI is InChI=1S/2CN.Fe.NO.Zn/c2*1-2;;1-2;/q;;;-1;+1. The third-order valence-corrected chi connectivity index (χ3v) is 0.326. The van der Waals surface area contributed by atoms with Gasteiger partial charge in [-0.3, -0.25) is 0 Å². The summed E-state index contributed by atoms with van der Waals surface area (Å²) >= 11 is 0.514. The maximum atomic E-state index is 8.61. The molecule has 0 rings (SSSR count). The Morgan fingerprint density at radius 2 is 1.75 bits per heavy atom. The third kappa shape index (κ3) is 43.0. The van der Waals surface area contributed by atoms with E-state index >= 15 is 0 Å². The van der Waals surface area contributed by atoms with Crippen LogP contribution >= 0.6 is 0 Å². The van der Waals surface area contributed by atoms with Gasteiger partial charge in [-0.1, -0.05) is 0 Å². The SMILES string of the molecule is N#[C][Fe][C]#N.O=[N][Zn]. The van der Waals surface area contributed by atoms with E-state index in [-0.39, 0.29) is 15.0 Å². The van der Waals surface area contributed by atoms with Crippen LogP contribution in [0.4, 0.5) is 0 Å². The first kappa shape index (κ1) is 10.7. The van der Waals surface area contributed by atoms with E-state index in [4.69, 9.17) is 15.4 Å². The molecule has 0 aromatic rings. The molecule has 0 radical (unpaired) electrons. The van der Waals surface area contributed by atoms with Crippen LogP contribution in [0, 0.1) is 25.4 Å². The summed E-state index contributed by atoms with van der Waals surface area (Å²) < 4.78 is 2.38. The minimum atomic E-state index is 0. The van der Waals surface area contributed by atoms with E-state index in [1.807, 2.05) is 0 Å². The van der Waals surface area contributed by atoms with Crippen molar-refractivity contribution in [2.75, 3.05) is 0 Å². The van der Waals surface area contributed by atoms with Crippen LogP contribution in [0.5, 0.6) is 0 Å². The number of nitriles is 2. The van der Waals surface area contributed by atoms with Crippen molar-refractivity contribution in [3.8, 4) is 9.94 Å². The van der Waals surface area contributed by atoms with Gasteiger partial charge in [0.05, 0.1) is 0 Å². The van der Waals surface area contributed by atoms with Crippen molar-refractivity contribution in [2.24, 2.45) is 3.92 Å². The van der Waals surface area contributed by atoms with E-state index in [1.165, 1.54) is 0 Å². The van der Waals surface area contributed by atoms with Crippen LogP contribution in [-0.4, -0.2) is 0 Å². The van der Waals surface area contributed by atoms with E-state index in [0.29, 0.717) is 18.5 Å². The summed E-state index contributed by atoms with van der Waals surface area (Å²) in [4.78, 5) is 11.9. The van der Waals surface area contributed by atoms with Gasteiger partial charge in [0.1, 0.15) is 0 Å². The molecule has 0 heterocycles. The van der Waals surface area contributed by atoms with Gasteiger partial charge in [0.2, 0.25) is 0 Å². The van der Waals surface area contributed by atoms with E-state index in [1.54, 1.807) is 9.94 Å². The molecule has 8 heavy (non-hydrogen) atoms. The second-order valence-corrected chi connectivity index (χ2v) is 1.69. The van der Waals surface area contributed by atoms with Crippen molar-refractivity contribution in [1.82, 2.24) is 0 Å². The van der Waals surface area contributed by atoms with Crippen LogP contribution in [-0.2, 0) is 33.5 Å². The van der Waals surface area contributed by atoms with E-state index in [2.05, 4.69) is 3.92 Å². The Morgan fingerprint density at radius 3 is 1.75 bits per heavy atom. The van der Waals surface area contributed by atoms with Crippen LogP contribution in [0.25, 0.3) is 0 Å². The third-order valence-electron chi connectivity index (χ3n) is 0.0791. The molecule has 0 spiro atoms. The zero-order valence-electron chi connectivity index (χ0n) is 3.81. The molecule has 0 fully saturated rings. The topological polar surface area (TPSA) is 77.0 Å². The Kier molecular flexibility index (Phi) is 21.2. The molecule has 0 saturated heterocycles. The summed E-state index contributed by atoms with van der Waals surface area (Å²) in [6, 6.07) is 0. The molecule has 0 unspecified atom stereocenters. The molecule has 0 amide bonds. The van der Waals surface area contributed by atoms with E-state index in [9.17, 15) is 0 Å². The average Bonchev–Trinajstić information content (AvgIpc) is 1.71. The summed E-state index contributed by atoms with van der Waals surface area (Å²) in [7, 11) is 0. The molecular weight excluding hydrogens is 203 g/mol. The Hall–Kier alpha value is -0.277. The summed E-state index contributed by atoms with van der Waals surface area (Å²) in [5.41, 5.74) is 0. The molecule has 6 heteroatoms. The fraction of sp³-hybridized carbons (Fsp3) is 0. The predicted octanol–water partition coefficient (Wildman–Crippen LogP) is 0.246. The zero-order valence-corrected chi connectivity index (χ0v) is 7.88.